The molecule has 2 unspecified atom stereocenters. The van der Waals surface area contributed by atoms with Gasteiger partial charge in [-0.2, -0.15) is 0 Å². The monoisotopic (exact) mass is 361 g/mol. The fraction of sp³-hybridized carbons (Fsp3) is 0.600. The van der Waals surface area contributed by atoms with Crippen LogP contribution >= 0.6 is 0 Å². The molecule has 1 aliphatic carbocycles. The molecule has 2 aliphatic rings. The van der Waals surface area contributed by atoms with Gasteiger partial charge in [-0.05, 0) is 50.3 Å². The number of esters is 1. The zero-order chi connectivity index (χ0) is 18.7. The average Bonchev–Trinajstić information content (AvgIpc) is 3.31. The first-order chi connectivity index (χ1) is 12.5. The Balaban J connectivity index is 1.96. The maximum Gasteiger partial charge on any atom is 0.321 e. The molecule has 26 heavy (non-hydrogen) atoms. The van der Waals surface area contributed by atoms with Crippen LogP contribution in [0.15, 0.2) is 18.2 Å². The summed E-state index contributed by atoms with van der Waals surface area (Å²) in [5.41, 5.74) is -0.321. The molecule has 3 rings (SSSR count). The Bertz CT molecular complexity index is 683. The predicted octanol–water partition coefficient (Wildman–Crippen LogP) is 2.45. The first-order valence-electron chi connectivity index (χ1n) is 9.17. The molecule has 1 saturated carbocycles. The van der Waals surface area contributed by atoms with Gasteiger partial charge in [0.1, 0.15) is 11.2 Å². The van der Waals surface area contributed by atoms with Gasteiger partial charge >= 0.3 is 5.97 Å². The molecule has 6 heteroatoms. The van der Waals surface area contributed by atoms with Crippen LogP contribution in [0.5, 0.6) is 11.5 Å². The third-order valence-corrected chi connectivity index (χ3v) is 5.71. The Morgan fingerprint density at radius 2 is 1.88 bits per heavy atom. The highest BCUT2D eigenvalue weighted by Gasteiger charge is 2.54. The molecule has 6 nitrogen and oxygen atoms in total. The number of ketones is 1. The zero-order valence-corrected chi connectivity index (χ0v) is 15.7. The Morgan fingerprint density at radius 1 is 1.15 bits per heavy atom. The Hall–Kier alpha value is -2.08. The van der Waals surface area contributed by atoms with E-state index in [2.05, 4.69) is 5.32 Å². The summed E-state index contributed by atoms with van der Waals surface area (Å²) in [5, 5.41) is 3.19. The van der Waals surface area contributed by atoms with Crippen molar-refractivity contribution in [3.63, 3.8) is 0 Å². The topological polar surface area (TPSA) is 73.9 Å². The number of rotatable bonds is 6. The van der Waals surface area contributed by atoms with Crippen LogP contribution in [0.25, 0.3) is 0 Å². The van der Waals surface area contributed by atoms with Crippen molar-refractivity contribution in [2.75, 3.05) is 27.3 Å². The largest absolute Gasteiger partial charge is 0.493 e. The molecular formula is C20H27NO5. The molecule has 1 N–H and O–H groups in total. The molecule has 1 aromatic carbocycles. The SMILES string of the molecule is COC(=O)C1(C(C)=O)CNCC1c1ccc(OC)c(OC2CCCC2)c1. The summed E-state index contributed by atoms with van der Waals surface area (Å²) >= 11 is 0. The van der Waals surface area contributed by atoms with Crippen LogP contribution in [0.1, 0.15) is 44.1 Å². The smallest absolute Gasteiger partial charge is 0.321 e. The highest BCUT2D eigenvalue weighted by molar-refractivity contribution is 6.04. The lowest BCUT2D eigenvalue weighted by atomic mass is 9.71. The van der Waals surface area contributed by atoms with Gasteiger partial charge < -0.3 is 19.5 Å². The van der Waals surface area contributed by atoms with Crippen LogP contribution in [-0.4, -0.2) is 45.2 Å². The number of carbonyl (C=O) groups is 2. The normalized spacial score (nSPS) is 25.9. The number of ether oxygens (including phenoxy) is 3. The first-order valence-corrected chi connectivity index (χ1v) is 9.17. The average molecular weight is 361 g/mol. The molecule has 1 aliphatic heterocycles. The van der Waals surface area contributed by atoms with E-state index >= 15 is 0 Å². The molecule has 142 valence electrons. The third-order valence-electron chi connectivity index (χ3n) is 5.71. The second-order valence-electron chi connectivity index (χ2n) is 7.14. The van der Waals surface area contributed by atoms with Crippen molar-refractivity contribution in [2.45, 2.75) is 44.6 Å². The highest BCUT2D eigenvalue weighted by Crippen LogP contribution is 2.44. The minimum absolute atomic E-state index is 0.187. The van der Waals surface area contributed by atoms with E-state index in [1.807, 2.05) is 18.2 Å². The number of benzene rings is 1. The van der Waals surface area contributed by atoms with Gasteiger partial charge in [0.05, 0.1) is 20.3 Å². The van der Waals surface area contributed by atoms with Gasteiger partial charge in [0.15, 0.2) is 11.5 Å². The van der Waals surface area contributed by atoms with E-state index in [9.17, 15) is 9.59 Å². The molecule has 2 atom stereocenters. The van der Waals surface area contributed by atoms with Crippen LogP contribution in [0.3, 0.4) is 0 Å². The van der Waals surface area contributed by atoms with Crippen LogP contribution < -0.4 is 14.8 Å². The molecule has 0 radical (unpaired) electrons. The molecule has 1 aromatic rings. The maximum atomic E-state index is 12.5. The Kier molecular flexibility index (Phi) is 5.51. The lowest BCUT2D eigenvalue weighted by Crippen LogP contribution is -2.44. The van der Waals surface area contributed by atoms with E-state index in [0.717, 1.165) is 18.4 Å². The van der Waals surface area contributed by atoms with E-state index < -0.39 is 11.4 Å². The van der Waals surface area contributed by atoms with Crippen molar-refractivity contribution in [3.05, 3.63) is 23.8 Å². The summed E-state index contributed by atoms with van der Waals surface area (Å²) in [5.74, 6) is 0.357. The minimum Gasteiger partial charge on any atom is -0.493 e. The predicted molar refractivity (Wildman–Crippen MR) is 96.6 cm³/mol. The van der Waals surface area contributed by atoms with Crippen LogP contribution in [0.2, 0.25) is 0 Å². The lowest BCUT2D eigenvalue weighted by molar-refractivity contribution is -0.157. The van der Waals surface area contributed by atoms with Gasteiger partial charge in [-0.1, -0.05) is 6.07 Å². The summed E-state index contributed by atoms with van der Waals surface area (Å²) in [7, 11) is 2.94. The quantitative estimate of drug-likeness (QED) is 0.620. The minimum atomic E-state index is -1.20. The van der Waals surface area contributed by atoms with Gasteiger partial charge in [-0.15, -0.1) is 0 Å². The summed E-state index contributed by atoms with van der Waals surface area (Å²) < 4.78 is 16.6. The van der Waals surface area contributed by atoms with Crippen molar-refractivity contribution in [1.82, 2.24) is 5.32 Å². The number of methoxy groups -OCH3 is 2. The molecule has 0 amide bonds. The molecular weight excluding hydrogens is 334 g/mol. The van der Waals surface area contributed by atoms with E-state index in [4.69, 9.17) is 14.2 Å². The van der Waals surface area contributed by atoms with Crippen LogP contribution in [0.4, 0.5) is 0 Å². The fourth-order valence-electron chi connectivity index (χ4n) is 4.21. The van der Waals surface area contributed by atoms with Crippen molar-refractivity contribution in [3.8, 4) is 11.5 Å². The van der Waals surface area contributed by atoms with E-state index in [-0.39, 0.29) is 24.3 Å². The first kappa shape index (κ1) is 18.7. The Morgan fingerprint density at radius 3 is 2.50 bits per heavy atom. The zero-order valence-electron chi connectivity index (χ0n) is 15.7. The third kappa shape index (κ3) is 3.18. The maximum absolute atomic E-state index is 12.5. The standard InChI is InChI=1S/C20H27NO5/c1-13(22)20(19(23)25-3)12-21-11-16(20)14-8-9-17(24-2)18(10-14)26-15-6-4-5-7-15/h8-10,15-16,21H,4-7,11-12H2,1-3H3. The summed E-state index contributed by atoms with van der Waals surface area (Å²) in [6.07, 6.45) is 4.62. The molecule has 2 fully saturated rings. The lowest BCUT2D eigenvalue weighted by Gasteiger charge is -2.30. The van der Waals surface area contributed by atoms with Crippen molar-refractivity contribution in [1.29, 1.82) is 0 Å². The second kappa shape index (κ2) is 7.66. The Labute approximate surface area is 154 Å². The van der Waals surface area contributed by atoms with Gasteiger partial charge in [0, 0.05) is 19.0 Å². The van der Waals surface area contributed by atoms with E-state index in [1.54, 1.807) is 7.11 Å². The summed E-state index contributed by atoms with van der Waals surface area (Å²) in [6, 6.07) is 5.66. The molecule has 1 heterocycles. The van der Waals surface area contributed by atoms with Crippen molar-refractivity contribution >= 4 is 11.8 Å². The van der Waals surface area contributed by atoms with Crippen molar-refractivity contribution < 1.29 is 23.8 Å². The second-order valence-corrected chi connectivity index (χ2v) is 7.14. The molecule has 1 saturated heterocycles. The fourth-order valence-corrected chi connectivity index (χ4v) is 4.21. The van der Waals surface area contributed by atoms with E-state index in [0.29, 0.717) is 18.0 Å². The number of carbonyl (C=O) groups excluding carboxylic acids is 2. The summed E-state index contributed by atoms with van der Waals surface area (Å²) in [4.78, 5) is 25.0. The van der Waals surface area contributed by atoms with Gasteiger partial charge in [0.25, 0.3) is 0 Å². The van der Waals surface area contributed by atoms with Crippen molar-refractivity contribution in [2.24, 2.45) is 5.41 Å². The number of hydrogen-bond acceptors (Lipinski definition) is 6. The molecule has 0 bridgehead atoms. The number of hydrogen-bond donors (Lipinski definition) is 1. The van der Waals surface area contributed by atoms with Crippen LogP contribution in [0, 0.1) is 5.41 Å². The molecule has 0 aromatic heterocycles. The highest BCUT2D eigenvalue weighted by atomic mass is 16.5. The van der Waals surface area contributed by atoms with Crippen LogP contribution in [-0.2, 0) is 14.3 Å². The molecule has 0 spiro atoms. The number of Topliss-reactive ketones (excluding diaryl/α,β-unsaturated/α-hetero) is 1. The van der Waals surface area contributed by atoms with Gasteiger partial charge in [-0.25, -0.2) is 0 Å². The summed E-state index contributed by atoms with van der Waals surface area (Å²) in [6.45, 7) is 2.27. The van der Waals surface area contributed by atoms with E-state index in [1.165, 1.54) is 26.9 Å². The number of nitrogens with one attached hydrogen (secondary N) is 1. The van der Waals surface area contributed by atoms with Gasteiger partial charge in [-0.3, -0.25) is 9.59 Å². The van der Waals surface area contributed by atoms with Gasteiger partial charge in [0.2, 0.25) is 0 Å².